The van der Waals surface area contributed by atoms with Crippen LogP contribution in [0.1, 0.15) is 45.9 Å². The van der Waals surface area contributed by atoms with E-state index in [1.54, 1.807) is 19.9 Å². The Balaban J connectivity index is 0.000000201. The second-order valence-electron chi connectivity index (χ2n) is 14.8. The number of aliphatic hydroxyl groups is 1. The molecule has 12 nitrogen and oxygen atoms in total. The Labute approximate surface area is 489 Å². The highest BCUT2D eigenvalue weighted by Crippen LogP contribution is 2.59. The Morgan fingerprint density at radius 3 is 1.43 bits per heavy atom. The minimum absolute atomic E-state index is 0. The van der Waals surface area contributed by atoms with Gasteiger partial charge in [0.1, 0.15) is 24.6 Å². The molecular weight excluding hydrogens is 1350 g/mol. The zero-order valence-corrected chi connectivity index (χ0v) is 50.0. The van der Waals surface area contributed by atoms with E-state index in [2.05, 4.69) is 121 Å². The van der Waals surface area contributed by atoms with Crippen LogP contribution in [0.4, 0.5) is 0 Å². The van der Waals surface area contributed by atoms with E-state index in [9.17, 15) is 14.4 Å². The number of nitrogens with zero attached hydrogens (tertiary/aromatic N) is 5. The number of aliphatic hydroxyl groups excluding tert-OH is 1. The van der Waals surface area contributed by atoms with E-state index < -0.39 is 0 Å². The molecule has 0 aliphatic carbocycles. The highest BCUT2D eigenvalue weighted by molar-refractivity contribution is 9.93. The number of H-pyrrole nitrogens is 3. The van der Waals surface area contributed by atoms with E-state index in [0.29, 0.717) is 54.2 Å². The molecular formula is C51H43Br4Cl4N8O4PS2. The number of hydrogen-bond donors (Lipinski definition) is 4. The van der Waals surface area contributed by atoms with Crippen molar-refractivity contribution in [1.82, 2.24) is 39.9 Å². The largest absolute Gasteiger partial charge is 0.392 e. The molecule has 74 heavy (non-hydrogen) atoms. The third kappa shape index (κ3) is 20.2. The predicted molar refractivity (Wildman–Crippen MR) is 328 cm³/mol. The maximum atomic E-state index is 11.4. The van der Waals surface area contributed by atoms with Crippen LogP contribution in [0.25, 0.3) is 43.6 Å². The topological polar surface area (TPSA) is 183 Å². The van der Waals surface area contributed by atoms with E-state index in [0.717, 1.165) is 65.8 Å². The van der Waals surface area contributed by atoms with Crippen LogP contribution in [-0.4, -0.2) is 51.3 Å². The van der Waals surface area contributed by atoms with E-state index in [1.807, 2.05) is 109 Å². The van der Waals surface area contributed by atoms with Crippen molar-refractivity contribution in [2.75, 3.05) is 0 Å². The Kier molecular flexibility index (Phi) is 27.0. The summed E-state index contributed by atoms with van der Waals surface area (Å²) in [6, 6.07) is 41.5. The molecule has 0 amide bonds. The molecule has 0 bridgehead atoms. The zero-order valence-electron chi connectivity index (χ0n) is 38.1. The summed E-state index contributed by atoms with van der Waals surface area (Å²) in [5.74, 6) is 0.600. The molecule has 0 spiro atoms. The molecule has 0 saturated heterocycles. The standard InChI is InChI=1S/C15H12ClN3OS.C10H7BrClN.C10H8ClNO.C10H6ClNO.C5H6N2OS.CH4.Br3P/c1-9-6-13(20)19-15(17-9)21-8-11-7-10-4-2-3-5-12(10)18-14(11)16;11-6-8-5-7-3-1-2-4-9(7)13-10(8)12;2*11-10-8(6-13)5-7-3-1-2-4-9(7)12-10;1-3-2-4(8)7-5(9)6-3;;1-4(2)3/h2-7H,8H2,1H3,(H,17,19,20);1-5H,6H2;1-5,13H,6H2;1-6H;2H,1H3,(H2,6,7,8,9);1H4;. The number of rotatable bonds is 6. The summed E-state index contributed by atoms with van der Waals surface area (Å²) in [6.07, 6.45) is 0.710. The van der Waals surface area contributed by atoms with Crippen molar-refractivity contribution >= 4 is 187 Å². The SMILES string of the molecule is BrP(Br)Br.C.Cc1cc(=O)[nH]c(=S)[nH]1.Cc1cc(=O)[nH]c(SCc2cc3ccccc3nc2Cl)n1.Clc1nc2ccccc2cc1CBr.O=Cc1cc2ccccc2nc1Cl.OCc1cc2ccccc2nc1Cl. The van der Waals surface area contributed by atoms with Gasteiger partial charge in [0.05, 0.1) is 34.2 Å². The van der Waals surface area contributed by atoms with Crippen molar-refractivity contribution in [3.63, 3.8) is 0 Å². The van der Waals surface area contributed by atoms with Gasteiger partial charge in [0.25, 0.3) is 11.1 Å². The van der Waals surface area contributed by atoms with Gasteiger partial charge >= 0.3 is 0 Å². The number of aryl methyl sites for hydroxylation is 2. The molecule has 0 aliphatic heterocycles. The lowest BCUT2D eigenvalue weighted by Gasteiger charge is -2.06. The van der Waals surface area contributed by atoms with Crippen LogP contribution in [0.15, 0.2) is 148 Å². The molecule has 384 valence electrons. The van der Waals surface area contributed by atoms with Crippen molar-refractivity contribution in [3.05, 3.63) is 213 Å². The molecule has 23 heteroatoms. The minimum atomic E-state index is -0.183. The molecule has 4 aromatic carbocycles. The van der Waals surface area contributed by atoms with Gasteiger partial charge in [0.15, 0.2) is 16.2 Å². The first-order valence-electron chi connectivity index (χ1n) is 21.0. The van der Waals surface area contributed by atoms with Crippen LogP contribution in [-0.2, 0) is 17.7 Å². The summed E-state index contributed by atoms with van der Waals surface area (Å²) in [5, 5.41) is 16.1. The van der Waals surface area contributed by atoms with Crippen molar-refractivity contribution in [2.45, 2.75) is 44.1 Å². The van der Waals surface area contributed by atoms with Gasteiger partial charge in [-0.2, -0.15) is 0 Å². The average molecular weight is 1390 g/mol. The molecule has 0 unspecified atom stereocenters. The molecule has 6 aromatic heterocycles. The Hall–Kier alpha value is -4.01. The molecule has 0 atom stereocenters. The van der Waals surface area contributed by atoms with E-state index in [-0.39, 0.29) is 34.3 Å². The number of aldehydes is 1. The van der Waals surface area contributed by atoms with Crippen LogP contribution < -0.4 is 11.1 Å². The molecule has 0 saturated carbocycles. The fourth-order valence-corrected chi connectivity index (χ4v) is 8.91. The Bertz CT molecular complexity index is 3560. The average Bonchev–Trinajstić information content (AvgIpc) is 3.35. The Morgan fingerprint density at radius 2 is 1.00 bits per heavy atom. The number of hydrogen-bond acceptors (Lipinski definition) is 11. The van der Waals surface area contributed by atoms with Gasteiger partial charge in [0, 0.05) is 72.8 Å². The van der Waals surface area contributed by atoms with Crippen LogP contribution in [0.2, 0.25) is 20.6 Å². The summed E-state index contributed by atoms with van der Waals surface area (Å²) in [7, 11) is 0. The normalized spacial score (nSPS) is 10.3. The summed E-state index contributed by atoms with van der Waals surface area (Å²) in [6.45, 7) is 3.51. The highest BCUT2D eigenvalue weighted by atomic mass is 80.0. The predicted octanol–water partition coefficient (Wildman–Crippen LogP) is 17.2. The van der Waals surface area contributed by atoms with E-state index in [4.69, 9.17) is 51.5 Å². The quantitative estimate of drug-likeness (QED) is 0.0236. The monoisotopic (exact) mass is 1380 g/mol. The van der Waals surface area contributed by atoms with Crippen LogP contribution in [0, 0.1) is 18.6 Å². The number of alkyl halides is 1. The number of carbonyl (C=O) groups is 1. The number of para-hydroxylation sites is 4. The first-order chi connectivity index (χ1) is 35.0. The number of carbonyl (C=O) groups excluding carboxylic acids is 1. The number of fused-ring (bicyclic) bond motifs is 4. The van der Waals surface area contributed by atoms with Gasteiger partial charge in [-0.05, 0) is 121 Å². The number of pyridine rings is 4. The Morgan fingerprint density at radius 1 is 0.595 bits per heavy atom. The molecule has 0 radical (unpaired) electrons. The second-order valence-corrected chi connectivity index (χ2v) is 33.5. The molecule has 4 N–H and O–H groups in total. The maximum absolute atomic E-state index is 11.4. The summed E-state index contributed by atoms with van der Waals surface area (Å²) < 4.78 is 0.192. The van der Waals surface area contributed by atoms with Crippen LogP contribution in [0.3, 0.4) is 0 Å². The third-order valence-electron chi connectivity index (χ3n) is 9.50. The van der Waals surface area contributed by atoms with Crippen molar-refractivity contribution < 1.29 is 9.90 Å². The van der Waals surface area contributed by atoms with Gasteiger partial charge < -0.3 is 15.1 Å². The zero-order chi connectivity index (χ0) is 53.0. The number of nitrogens with one attached hydrogen (secondary N) is 3. The number of aromatic nitrogens is 8. The molecule has 10 aromatic rings. The number of halogens is 8. The minimum Gasteiger partial charge on any atom is -0.392 e. The summed E-state index contributed by atoms with van der Waals surface area (Å²) in [4.78, 5) is 61.6. The van der Waals surface area contributed by atoms with Crippen molar-refractivity contribution in [2.24, 2.45) is 0 Å². The summed E-state index contributed by atoms with van der Waals surface area (Å²) >= 11 is 42.8. The summed E-state index contributed by atoms with van der Waals surface area (Å²) in [5.41, 5.74) is 7.70. The lowest BCUT2D eigenvalue weighted by molar-refractivity contribution is 0.112. The van der Waals surface area contributed by atoms with E-state index >= 15 is 0 Å². The molecule has 10 rings (SSSR count). The lowest BCUT2D eigenvalue weighted by atomic mass is 10.2. The first kappa shape index (κ1) is 62.5. The number of aromatic amines is 3. The van der Waals surface area contributed by atoms with Crippen LogP contribution >= 0.6 is 137 Å². The van der Waals surface area contributed by atoms with Crippen molar-refractivity contribution in [1.29, 1.82) is 0 Å². The van der Waals surface area contributed by atoms with Crippen molar-refractivity contribution in [3.8, 4) is 0 Å². The number of benzene rings is 4. The van der Waals surface area contributed by atoms with Crippen LogP contribution in [0.5, 0.6) is 0 Å². The second kappa shape index (κ2) is 31.9. The molecule has 0 fully saturated rings. The number of thioether (sulfide) groups is 1. The maximum Gasteiger partial charge on any atom is 0.251 e. The first-order valence-corrected chi connectivity index (χ1v) is 32.5. The highest BCUT2D eigenvalue weighted by Gasteiger charge is 2.08. The molecule has 0 aliphatic rings. The van der Waals surface area contributed by atoms with Gasteiger partial charge in [-0.3, -0.25) is 19.4 Å². The van der Waals surface area contributed by atoms with Gasteiger partial charge in [-0.1, -0.05) is 154 Å². The smallest absolute Gasteiger partial charge is 0.251 e. The van der Waals surface area contributed by atoms with Gasteiger partial charge in [-0.25, -0.2) is 24.9 Å². The third-order valence-corrected chi connectivity index (χ3v) is 12.5. The molecule has 6 heterocycles. The van der Waals surface area contributed by atoms with Gasteiger partial charge in [-0.15, -0.1) is 0 Å². The van der Waals surface area contributed by atoms with Gasteiger partial charge in [0.2, 0.25) is 0 Å². The van der Waals surface area contributed by atoms with E-state index in [1.165, 1.54) is 23.9 Å². The fourth-order valence-electron chi connectivity index (χ4n) is 6.26. The fraction of sp³-hybridized carbons (Fsp3) is 0.118. The lowest BCUT2D eigenvalue weighted by Crippen LogP contribution is -2.08.